The number of likely N-dealkylation sites (N-methyl/N-ethyl adjacent to an activating group) is 1. The first-order valence-electron chi connectivity index (χ1n) is 8.52. The second-order valence-corrected chi connectivity index (χ2v) is 5.96. The van der Waals surface area contributed by atoms with Crippen molar-refractivity contribution in [2.45, 2.75) is 18.9 Å². The van der Waals surface area contributed by atoms with E-state index < -0.39 is 0 Å². The Balaban J connectivity index is 1.81. The van der Waals surface area contributed by atoms with E-state index in [0.717, 1.165) is 24.2 Å². The van der Waals surface area contributed by atoms with Gasteiger partial charge in [0, 0.05) is 19.1 Å². The van der Waals surface area contributed by atoms with E-state index in [9.17, 15) is 0 Å². The van der Waals surface area contributed by atoms with Crippen LogP contribution < -0.4 is 10.5 Å². The van der Waals surface area contributed by atoms with E-state index in [1.165, 1.54) is 5.56 Å². The van der Waals surface area contributed by atoms with Crippen molar-refractivity contribution >= 4 is 0 Å². The lowest BCUT2D eigenvalue weighted by Gasteiger charge is -2.26. The fraction of sp³-hybridized carbons (Fsp3) is 0.400. The fourth-order valence-corrected chi connectivity index (χ4v) is 2.78. The van der Waals surface area contributed by atoms with Crippen molar-refractivity contribution in [1.29, 1.82) is 0 Å². The summed E-state index contributed by atoms with van der Waals surface area (Å²) >= 11 is 0. The maximum atomic E-state index is 9.07. The van der Waals surface area contributed by atoms with Gasteiger partial charge < -0.3 is 15.6 Å². The van der Waals surface area contributed by atoms with Crippen LogP contribution in [0.4, 0.5) is 0 Å². The van der Waals surface area contributed by atoms with Crippen LogP contribution in [0.3, 0.4) is 0 Å². The predicted octanol–water partition coefficient (Wildman–Crippen LogP) is 2.62. The zero-order valence-corrected chi connectivity index (χ0v) is 14.4. The number of nitrogens with zero attached hydrogens (tertiary/aromatic N) is 1. The first kappa shape index (κ1) is 18.5. The summed E-state index contributed by atoms with van der Waals surface area (Å²) in [4.78, 5) is 2.07. The Kier molecular flexibility index (Phi) is 7.75. The normalized spacial score (nSPS) is 12.3. The Morgan fingerprint density at radius 1 is 1.08 bits per heavy atom. The molecule has 0 heterocycles. The summed E-state index contributed by atoms with van der Waals surface area (Å²) in [7, 11) is 1.97. The van der Waals surface area contributed by atoms with Crippen LogP contribution in [0.15, 0.2) is 54.6 Å². The Morgan fingerprint density at radius 3 is 2.42 bits per heavy atom. The van der Waals surface area contributed by atoms with E-state index in [1.807, 2.05) is 25.2 Å². The Bertz CT molecular complexity index is 572. The number of hydrogen-bond acceptors (Lipinski definition) is 4. The molecular formula is C20H28N2O2. The maximum Gasteiger partial charge on any atom is 0.119 e. The van der Waals surface area contributed by atoms with E-state index in [0.29, 0.717) is 19.7 Å². The number of nitrogens with two attached hydrogens (primary N) is 1. The molecule has 130 valence electrons. The minimum atomic E-state index is 0.115. The molecule has 0 fully saturated rings. The van der Waals surface area contributed by atoms with Crippen LogP contribution in [0.2, 0.25) is 0 Å². The van der Waals surface area contributed by atoms with Crippen molar-refractivity contribution in [1.82, 2.24) is 4.90 Å². The SMILES string of the molecule is CN(CCO)C(CN)c1ccc(OCCCc2ccccc2)cc1. The number of aliphatic hydroxyl groups excluding tert-OH is 1. The lowest BCUT2D eigenvalue weighted by molar-refractivity contribution is 0.183. The molecule has 4 heteroatoms. The summed E-state index contributed by atoms with van der Waals surface area (Å²) in [6.07, 6.45) is 2.02. The lowest BCUT2D eigenvalue weighted by Crippen LogP contribution is -2.32. The Morgan fingerprint density at radius 2 is 1.79 bits per heavy atom. The molecule has 0 aliphatic carbocycles. The van der Waals surface area contributed by atoms with Crippen molar-refractivity contribution in [2.24, 2.45) is 5.73 Å². The van der Waals surface area contributed by atoms with Gasteiger partial charge in [-0.05, 0) is 43.1 Å². The van der Waals surface area contributed by atoms with Gasteiger partial charge in [-0.3, -0.25) is 4.90 Å². The van der Waals surface area contributed by atoms with Crippen molar-refractivity contribution < 1.29 is 9.84 Å². The highest BCUT2D eigenvalue weighted by atomic mass is 16.5. The smallest absolute Gasteiger partial charge is 0.119 e. The van der Waals surface area contributed by atoms with Crippen molar-refractivity contribution in [2.75, 3.05) is 33.4 Å². The molecule has 0 aliphatic heterocycles. The second-order valence-electron chi connectivity index (χ2n) is 5.96. The second kappa shape index (κ2) is 10.1. The molecule has 1 unspecified atom stereocenters. The fourth-order valence-electron chi connectivity index (χ4n) is 2.78. The van der Waals surface area contributed by atoms with Crippen LogP contribution in [0.1, 0.15) is 23.6 Å². The van der Waals surface area contributed by atoms with Crippen molar-refractivity contribution in [3.63, 3.8) is 0 Å². The van der Waals surface area contributed by atoms with Crippen molar-refractivity contribution in [3.05, 3.63) is 65.7 Å². The van der Waals surface area contributed by atoms with Crippen molar-refractivity contribution in [3.8, 4) is 5.75 Å². The zero-order chi connectivity index (χ0) is 17.2. The molecule has 0 radical (unpaired) electrons. The molecule has 4 nitrogen and oxygen atoms in total. The topological polar surface area (TPSA) is 58.7 Å². The van der Waals surface area contributed by atoms with E-state index in [1.54, 1.807) is 0 Å². The number of benzene rings is 2. The lowest BCUT2D eigenvalue weighted by atomic mass is 10.1. The highest BCUT2D eigenvalue weighted by molar-refractivity contribution is 5.29. The monoisotopic (exact) mass is 328 g/mol. The number of rotatable bonds is 10. The van der Waals surface area contributed by atoms with Gasteiger partial charge in [0.1, 0.15) is 5.75 Å². The van der Waals surface area contributed by atoms with Gasteiger partial charge in [0.25, 0.3) is 0 Å². The molecule has 2 aromatic rings. The van der Waals surface area contributed by atoms with Crippen LogP contribution in [-0.4, -0.2) is 43.4 Å². The highest BCUT2D eigenvalue weighted by Crippen LogP contribution is 2.21. The number of ether oxygens (including phenoxy) is 1. The summed E-state index contributed by atoms with van der Waals surface area (Å²) in [5.41, 5.74) is 8.36. The third-order valence-electron chi connectivity index (χ3n) is 4.19. The van der Waals surface area contributed by atoms with Gasteiger partial charge in [0.15, 0.2) is 0 Å². The van der Waals surface area contributed by atoms with Crippen LogP contribution >= 0.6 is 0 Å². The Labute approximate surface area is 144 Å². The quantitative estimate of drug-likeness (QED) is 0.658. The molecule has 0 saturated carbocycles. The largest absolute Gasteiger partial charge is 0.494 e. The van der Waals surface area contributed by atoms with Gasteiger partial charge in [0.05, 0.1) is 13.2 Å². The predicted molar refractivity (Wildman–Crippen MR) is 98.2 cm³/mol. The summed E-state index contributed by atoms with van der Waals surface area (Å²) in [6, 6.07) is 18.7. The molecular weight excluding hydrogens is 300 g/mol. The van der Waals surface area contributed by atoms with Gasteiger partial charge in [-0.15, -0.1) is 0 Å². The third kappa shape index (κ3) is 5.64. The minimum Gasteiger partial charge on any atom is -0.494 e. The molecule has 0 aromatic heterocycles. The molecule has 2 rings (SSSR count). The van der Waals surface area contributed by atoms with Gasteiger partial charge >= 0.3 is 0 Å². The van der Waals surface area contributed by atoms with Crippen LogP contribution in [0, 0.1) is 0 Å². The van der Waals surface area contributed by atoms with Gasteiger partial charge in [-0.2, -0.15) is 0 Å². The van der Waals surface area contributed by atoms with E-state index in [4.69, 9.17) is 15.6 Å². The maximum absolute atomic E-state index is 9.07. The van der Waals surface area contributed by atoms with Crippen LogP contribution in [-0.2, 0) is 6.42 Å². The molecule has 1 atom stereocenters. The molecule has 0 aliphatic rings. The highest BCUT2D eigenvalue weighted by Gasteiger charge is 2.14. The molecule has 0 bridgehead atoms. The first-order chi connectivity index (χ1) is 11.7. The van der Waals surface area contributed by atoms with Gasteiger partial charge in [-0.25, -0.2) is 0 Å². The Hall–Kier alpha value is -1.88. The van der Waals surface area contributed by atoms with E-state index in [-0.39, 0.29) is 12.6 Å². The van der Waals surface area contributed by atoms with Gasteiger partial charge in [-0.1, -0.05) is 42.5 Å². The van der Waals surface area contributed by atoms with Gasteiger partial charge in [0.2, 0.25) is 0 Å². The molecule has 2 aromatic carbocycles. The number of aryl methyl sites for hydroxylation is 1. The van der Waals surface area contributed by atoms with Crippen LogP contribution in [0.25, 0.3) is 0 Å². The molecule has 24 heavy (non-hydrogen) atoms. The average molecular weight is 328 g/mol. The first-order valence-corrected chi connectivity index (χ1v) is 8.52. The minimum absolute atomic E-state index is 0.115. The molecule has 3 N–H and O–H groups in total. The van der Waals surface area contributed by atoms with Crippen LogP contribution in [0.5, 0.6) is 5.75 Å². The number of aliphatic hydroxyl groups is 1. The summed E-state index contributed by atoms with van der Waals surface area (Å²) in [5.74, 6) is 0.882. The molecule has 0 spiro atoms. The van der Waals surface area contributed by atoms with E-state index in [2.05, 4.69) is 41.3 Å². The zero-order valence-electron chi connectivity index (χ0n) is 14.4. The molecule has 0 saturated heterocycles. The standard InChI is InChI=1S/C20H28N2O2/c1-22(13-14-23)20(16-21)18-9-11-19(12-10-18)24-15-5-8-17-6-3-2-4-7-17/h2-4,6-7,9-12,20,23H,5,8,13-16,21H2,1H3. The molecule has 0 amide bonds. The summed E-state index contributed by atoms with van der Waals surface area (Å²) in [6.45, 7) is 1.97. The summed E-state index contributed by atoms with van der Waals surface area (Å²) < 4.78 is 5.82. The van der Waals surface area contributed by atoms with E-state index >= 15 is 0 Å². The number of hydrogen-bond donors (Lipinski definition) is 2. The summed E-state index contributed by atoms with van der Waals surface area (Å²) in [5, 5.41) is 9.07. The average Bonchev–Trinajstić information content (AvgIpc) is 2.62. The third-order valence-corrected chi connectivity index (χ3v) is 4.19.